The average Bonchev–Trinajstić information content (AvgIpc) is 3.44. The summed E-state index contributed by atoms with van der Waals surface area (Å²) in [5.74, 6) is -0.00699. The van der Waals surface area contributed by atoms with E-state index in [1.165, 1.54) is 16.2 Å². The van der Waals surface area contributed by atoms with Crippen molar-refractivity contribution in [1.82, 2.24) is 19.9 Å². The molecular formula is C20H26N4O5S. The van der Waals surface area contributed by atoms with Crippen molar-refractivity contribution in [1.29, 1.82) is 0 Å². The molecule has 3 heterocycles. The first-order valence-electron chi connectivity index (χ1n) is 10.0. The van der Waals surface area contributed by atoms with Crippen molar-refractivity contribution < 1.29 is 23.6 Å². The highest BCUT2D eigenvalue weighted by Gasteiger charge is 2.30. The Morgan fingerprint density at radius 1 is 1.40 bits per heavy atom. The zero-order chi connectivity index (χ0) is 21.5. The molecule has 0 saturated carbocycles. The molecule has 1 aliphatic rings. The Morgan fingerprint density at radius 3 is 2.97 bits per heavy atom. The smallest absolute Gasteiger partial charge is 0.310 e. The number of thiophene rings is 1. The zero-order valence-corrected chi connectivity index (χ0v) is 18.0. The molecule has 10 heteroatoms. The van der Waals surface area contributed by atoms with E-state index in [1.54, 1.807) is 18.9 Å². The van der Waals surface area contributed by atoms with E-state index in [2.05, 4.69) is 10.1 Å². The molecule has 2 aromatic rings. The molecule has 0 spiro atoms. The number of amides is 2. The molecule has 2 aromatic heterocycles. The molecule has 0 N–H and O–H groups in total. The Morgan fingerprint density at radius 2 is 2.23 bits per heavy atom. The lowest BCUT2D eigenvalue weighted by atomic mass is 9.98. The fraction of sp³-hybridized carbons (Fsp3) is 0.550. The van der Waals surface area contributed by atoms with E-state index < -0.39 is 0 Å². The Bertz CT molecular complexity index is 866. The number of piperidine rings is 1. The fourth-order valence-corrected chi connectivity index (χ4v) is 3.96. The SMILES string of the molecule is CCOC(=O)C1CCCN(C(=O)CN(C)C(=O)CCc2nc(-c3cccs3)no2)C1. The topological polar surface area (TPSA) is 106 Å². The fourth-order valence-electron chi connectivity index (χ4n) is 3.31. The van der Waals surface area contributed by atoms with Crippen LogP contribution in [-0.2, 0) is 25.5 Å². The summed E-state index contributed by atoms with van der Waals surface area (Å²) >= 11 is 1.51. The molecule has 1 aliphatic heterocycles. The highest BCUT2D eigenvalue weighted by Crippen LogP contribution is 2.22. The van der Waals surface area contributed by atoms with Gasteiger partial charge in [0, 0.05) is 33.0 Å². The number of aryl methyl sites for hydroxylation is 1. The third-order valence-electron chi connectivity index (χ3n) is 4.95. The Labute approximate surface area is 179 Å². The molecule has 1 unspecified atom stereocenters. The van der Waals surface area contributed by atoms with Gasteiger partial charge in [-0.25, -0.2) is 0 Å². The maximum absolute atomic E-state index is 12.6. The van der Waals surface area contributed by atoms with Crippen LogP contribution in [0, 0.1) is 5.92 Å². The maximum Gasteiger partial charge on any atom is 0.310 e. The summed E-state index contributed by atoms with van der Waals surface area (Å²) in [4.78, 5) is 45.2. The molecule has 2 amide bonds. The number of likely N-dealkylation sites (N-methyl/N-ethyl adjacent to an activating group) is 1. The lowest BCUT2D eigenvalue weighted by molar-refractivity contribution is -0.152. The van der Waals surface area contributed by atoms with E-state index in [4.69, 9.17) is 9.26 Å². The lowest BCUT2D eigenvalue weighted by Gasteiger charge is -2.32. The summed E-state index contributed by atoms with van der Waals surface area (Å²) in [7, 11) is 1.60. The normalized spacial score (nSPS) is 16.3. The summed E-state index contributed by atoms with van der Waals surface area (Å²) in [6.07, 6.45) is 1.94. The molecule has 3 rings (SSSR count). The van der Waals surface area contributed by atoms with Crippen molar-refractivity contribution in [2.75, 3.05) is 33.3 Å². The van der Waals surface area contributed by atoms with E-state index in [-0.39, 0.29) is 36.7 Å². The number of likely N-dealkylation sites (tertiary alicyclic amines) is 1. The van der Waals surface area contributed by atoms with Crippen LogP contribution < -0.4 is 0 Å². The molecule has 9 nitrogen and oxygen atoms in total. The Hall–Kier alpha value is -2.75. The predicted octanol–water partition coefficient (Wildman–Crippen LogP) is 1.99. The highest BCUT2D eigenvalue weighted by atomic mass is 32.1. The number of ether oxygens (including phenoxy) is 1. The number of carbonyl (C=O) groups excluding carboxylic acids is 3. The Balaban J connectivity index is 1.45. The van der Waals surface area contributed by atoms with Crippen molar-refractivity contribution in [2.24, 2.45) is 5.92 Å². The van der Waals surface area contributed by atoms with Crippen molar-refractivity contribution in [3.8, 4) is 10.7 Å². The molecule has 162 valence electrons. The average molecular weight is 435 g/mol. The number of carbonyl (C=O) groups is 3. The summed E-state index contributed by atoms with van der Waals surface area (Å²) in [5.41, 5.74) is 0. The van der Waals surface area contributed by atoms with Gasteiger partial charge in [0.1, 0.15) is 0 Å². The summed E-state index contributed by atoms with van der Waals surface area (Å²) in [6.45, 7) is 2.99. The second-order valence-corrected chi connectivity index (χ2v) is 8.12. The number of rotatable bonds is 8. The van der Waals surface area contributed by atoms with Crippen LogP contribution in [0.3, 0.4) is 0 Å². The monoisotopic (exact) mass is 434 g/mol. The van der Waals surface area contributed by atoms with Crippen LogP contribution >= 0.6 is 11.3 Å². The standard InChI is InChI=1S/C20H26N4O5S/c1-3-28-20(27)14-6-4-10-24(12-14)18(26)13-23(2)17(25)9-8-16-21-19(22-29-16)15-7-5-11-30-15/h5,7,11,14H,3-4,6,8-10,12-13H2,1-2H3. The molecule has 30 heavy (non-hydrogen) atoms. The van der Waals surface area contributed by atoms with Crippen molar-refractivity contribution in [3.63, 3.8) is 0 Å². The van der Waals surface area contributed by atoms with Gasteiger partial charge in [0.15, 0.2) is 0 Å². The van der Waals surface area contributed by atoms with Crippen molar-refractivity contribution >= 4 is 29.1 Å². The third kappa shape index (κ3) is 5.65. The molecule has 0 bridgehead atoms. The molecule has 1 fully saturated rings. The second-order valence-electron chi connectivity index (χ2n) is 7.17. The van der Waals surface area contributed by atoms with Crippen molar-refractivity contribution in [2.45, 2.75) is 32.6 Å². The first-order valence-corrected chi connectivity index (χ1v) is 10.9. The molecule has 0 aliphatic carbocycles. The number of hydrogen-bond donors (Lipinski definition) is 0. The summed E-state index contributed by atoms with van der Waals surface area (Å²) in [5, 5.41) is 5.86. The number of aromatic nitrogens is 2. The van der Waals surface area contributed by atoms with Gasteiger partial charge >= 0.3 is 5.97 Å². The quantitative estimate of drug-likeness (QED) is 0.585. The van der Waals surface area contributed by atoms with Gasteiger partial charge in [0.05, 0.1) is 23.9 Å². The minimum Gasteiger partial charge on any atom is -0.466 e. The highest BCUT2D eigenvalue weighted by molar-refractivity contribution is 7.13. The largest absolute Gasteiger partial charge is 0.466 e. The van der Waals surface area contributed by atoms with Gasteiger partial charge < -0.3 is 19.1 Å². The minimum atomic E-state index is -0.293. The summed E-state index contributed by atoms with van der Waals surface area (Å²) in [6, 6.07) is 3.81. The molecule has 0 aromatic carbocycles. The van der Waals surface area contributed by atoms with Crippen LogP contribution in [0.1, 0.15) is 32.1 Å². The third-order valence-corrected chi connectivity index (χ3v) is 5.82. The van der Waals surface area contributed by atoms with Crippen LogP contribution in [-0.4, -0.2) is 71.0 Å². The number of nitrogens with zero attached hydrogens (tertiary/aromatic N) is 4. The van der Waals surface area contributed by atoms with Crippen LogP contribution in [0.4, 0.5) is 0 Å². The van der Waals surface area contributed by atoms with E-state index in [0.717, 1.165) is 17.7 Å². The zero-order valence-electron chi connectivity index (χ0n) is 17.2. The number of hydrogen-bond acceptors (Lipinski definition) is 8. The van der Waals surface area contributed by atoms with E-state index in [1.807, 2.05) is 17.5 Å². The van der Waals surface area contributed by atoms with Crippen LogP contribution in [0.5, 0.6) is 0 Å². The van der Waals surface area contributed by atoms with Gasteiger partial charge in [-0.15, -0.1) is 11.3 Å². The van der Waals surface area contributed by atoms with E-state index >= 15 is 0 Å². The lowest BCUT2D eigenvalue weighted by Crippen LogP contribution is -2.47. The van der Waals surface area contributed by atoms with Gasteiger partial charge in [-0.3, -0.25) is 14.4 Å². The molecule has 1 saturated heterocycles. The first-order chi connectivity index (χ1) is 14.5. The van der Waals surface area contributed by atoms with Crippen LogP contribution in [0.2, 0.25) is 0 Å². The first kappa shape index (κ1) is 21.9. The van der Waals surface area contributed by atoms with Gasteiger partial charge in [0.25, 0.3) is 0 Å². The minimum absolute atomic E-state index is 0.0291. The van der Waals surface area contributed by atoms with E-state index in [9.17, 15) is 14.4 Å². The molecule has 0 radical (unpaired) electrons. The van der Waals surface area contributed by atoms with Gasteiger partial charge in [-0.05, 0) is 31.2 Å². The number of esters is 1. The van der Waals surface area contributed by atoms with Crippen molar-refractivity contribution in [3.05, 3.63) is 23.4 Å². The Kier molecular flexibility index (Phi) is 7.56. The van der Waals surface area contributed by atoms with Gasteiger partial charge in [-0.1, -0.05) is 11.2 Å². The second kappa shape index (κ2) is 10.3. The molecule has 1 atom stereocenters. The summed E-state index contributed by atoms with van der Waals surface area (Å²) < 4.78 is 10.3. The molecular weight excluding hydrogens is 408 g/mol. The van der Waals surface area contributed by atoms with Crippen LogP contribution in [0.15, 0.2) is 22.0 Å². The van der Waals surface area contributed by atoms with Crippen LogP contribution in [0.25, 0.3) is 10.7 Å². The van der Waals surface area contributed by atoms with E-state index in [0.29, 0.717) is 37.8 Å². The predicted molar refractivity (Wildman–Crippen MR) is 110 cm³/mol. The van der Waals surface area contributed by atoms with Gasteiger partial charge in [-0.2, -0.15) is 4.98 Å². The maximum atomic E-state index is 12.6. The van der Waals surface area contributed by atoms with Gasteiger partial charge in [0.2, 0.25) is 23.5 Å².